The summed E-state index contributed by atoms with van der Waals surface area (Å²) in [4.78, 5) is 39.0. The maximum absolute atomic E-state index is 14.2. The van der Waals surface area contributed by atoms with Crippen molar-refractivity contribution < 1.29 is 28.2 Å². The number of aryl methyl sites for hydroxylation is 1. The Morgan fingerprint density at radius 1 is 1.18 bits per heavy atom. The molecular weight excluding hydrogens is 646 g/mol. The van der Waals surface area contributed by atoms with Crippen LogP contribution in [0.15, 0.2) is 59.5 Å². The van der Waals surface area contributed by atoms with Crippen LogP contribution in [0.4, 0.5) is 14.9 Å². The molecule has 1 aliphatic heterocycles. The van der Waals surface area contributed by atoms with Crippen molar-refractivity contribution in [2.75, 3.05) is 19.0 Å². The van der Waals surface area contributed by atoms with Crippen LogP contribution < -0.4 is 14.8 Å². The van der Waals surface area contributed by atoms with Gasteiger partial charge in [0, 0.05) is 16.3 Å². The SMILES string of the molecule is COc1cc(/C=C2\SC(=O)N(Cc3c(F)cccc3Cl)C2=O)cc(I)c1OCC(=O)Nc1cccc(C)c1. The topological polar surface area (TPSA) is 84.9 Å². The largest absolute Gasteiger partial charge is 0.493 e. The van der Waals surface area contributed by atoms with E-state index in [1.165, 1.54) is 25.3 Å². The number of benzene rings is 3. The highest BCUT2D eigenvalue weighted by Gasteiger charge is 2.36. The number of hydrogen-bond donors (Lipinski definition) is 1. The van der Waals surface area contributed by atoms with Crippen LogP contribution in [0.5, 0.6) is 11.5 Å². The standard InChI is InChI=1S/C27H21ClFIN2O5S/c1-15-5-3-6-17(9-15)31-24(33)14-37-25-21(30)10-16(11-22(25)36-2)12-23-26(34)32(27(35)38-23)13-18-19(28)7-4-8-20(18)29/h3-12H,13-14H2,1-2H3,(H,31,33)/b23-12-. The molecule has 7 nitrogen and oxygen atoms in total. The summed E-state index contributed by atoms with van der Waals surface area (Å²) in [5, 5.41) is 2.39. The van der Waals surface area contributed by atoms with E-state index in [4.69, 9.17) is 21.1 Å². The first-order valence-corrected chi connectivity index (χ1v) is 13.5. The number of rotatable bonds is 8. The molecule has 4 rings (SSSR count). The first-order chi connectivity index (χ1) is 18.2. The lowest BCUT2D eigenvalue weighted by Gasteiger charge is -2.14. The van der Waals surface area contributed by atoms with Crippen LogP contribution in [-0.2, 0) is 16.1 Å². The van der Waals surface area contributed by atoms with Crippen LogP contribution in [0.3, 0.4) is 0 Å². The molecule has 3 aromatic carbocycles. The summed E-state index contributed by atoms with van der Waals surface area (Å²) < 4.78 is 26.0. The fraction of sp³-hybridized carbons (Fsp3) is 0.148. The van der Waals surface area contributed by atoms with Gasteiger partial charge in [0.25, 0.3) is 17.1 Å². The molecule has 11 heteroatoms. The van der Waals surface area contributed by atoms with E-state index in [0.29, 0.717) is 26.3 Å². The minimum absolute atomic E-state index is 0.0712. The molecule has 0 spiro atoms. The maximum Gasteiger partial charge on any atom is 0.293 e. The third kappa shape index (κ3) is 6.48. The zero-order chi connectivity index (χ0) is 27.4. The Bertz CT molecular complexity index is 1450. The van der Waals surface area contributed by atoms with E-state index in [1.54, 1.807) is 24.3 Å². The Morgan fingerprint density at radius 3 is 2.66 bits per heavy atom. The van der Waals surface area contributed by atoms with Crippen molar-refractivity contribution in [3.05, 3.63) is 90.6 Å². The predicted molar refractivity (Wildman–Crippen MR) is 154 cm³/mol. The molecule has 38 heavy (non-hydrogen) atoms. The molecule has 3 amide bonds. The smallest absolute Gasteiger partial charge is 0.293 e. The fourth-order valence-corrected chi connectivity index (χ4v) is 5.49. The normalized spacial score (nSPS) is 14.2. The van der Waals surface area contributed by atoms with Gasteiger partial charge in [-0.3, -0.25) is 19.3 Å². The maximum atomic E-state index is 14.2. The summed E-state index contributed by atoms with van der Waals surface area (Å²) in [6.45, 7) is 1.42. The van der Waals surface area contributed by atoms with Crippen LogP contribution in [-0.4, -0.2) is 35.7 Å². The summed E-state index contributed by atoms with van der Waals surface area (Å²) in [5.74, 6) is -0.763. The van der Waals surface area contributed by atoms with E-state index in [-0.39, 0.29) is 34.6 Å². The van der Waals surface area contributed by atoms with Crippen LogP contribution in [0, 0.1) is 16.3 Å². The molecule has 1 heterocycles. The fourth-order valence-electron chi connectivity index (χ4n) is 3.65. The average molecular weight is 667 g/mol. The molecule has 0 aromatic heterocycles. The van der Waals surface area contributed by atoms with Gasteiger partial charge in [0.05, 0.1) is 22.1 Å². The van der Waals surface area contributed by atoms with Crippen molar-refractivity contribution in [2.45, 2.75) is 13.5 Å². The number of nitrogens with zero attached hydrogens (tertiary/aromatic N) is 1. The number of carbonyl (C=O) groups is 3. The summed E-state index contributed by atoms with van der Waals surface area (Å²) in [5.41, 5.74) is 2.34. The van der Waals surface area contributed by atoms with Crippen molar-refractivity contribution in [3.63, 3.8) is 0 Å². The molecule has 0 unspecified atom stereocenters. The monoisotopic (exact) mass is 666 g/mol. The Kier molecular flexibility index (Phi) is 8.95. The van der Waals surface area contributed by atoms with Gasteiger partial charge in [-0.1, -0.05) is 29.8 Å². The number of thioether (sulfide) groups is 1. The second kappa shape index (κ2) is 12.2. The summed E-state index contributed by atoms with van der Waals surface area (Å²) >= 11 is 8.86. The van der Waals surface area contributed by atoms with Crippen LogP contribution in [0.2, 0.25) is 5.02 Å². The third-order valence-corrected chi connectivity index (χ3v) is 7.51. The molecule has 1 saturated heterocycles. The zero-order valence-electron chi connectivity index (χ0n) is 20.2. The highest BCUT2D eigenvalue weighted by atomic mass is 127. The van der Waals surface area contributed by atoms with E-state index in [2.05, 4.69) is 5.32 Å². The van der Waals surface area contributed by atoms with Gasteiger partial charge >= 0.3 is 0 Å². The summed E-state index contributed by atoms with van der Waals surface area (Å²) in [6.07, 6.45) is 1.55. The molecule has 0 aliphatic carbocycles. The quantitative estimate of drug-likeness (QED) is 0.214. The Hall–Kier alpha value is -3.09. The predicted octanol–water partition coefficient (Wildman–Crippen LogP) is 6.65. The van der Waals surface area contributed by atoms with Gasteiger partial charge in [-0.25, -0.2) is 4.39 Å². The number of nitrogens with one attached hydrogen (secondary N) is 1. The number of hydrogen-bond acceptors (Lipinski definition) is 6. The van der Waals surface area contributed by atoms with Gasteiger partial charge in [-0.05, 0) is 94.9 Å². The molecule has 1 aliphatic rings. The number of anilines is 1. The second-order valence-electron chi connectivity index (χ2n) is 8.21. The lowest BCUT2D eigenvalue weighted by Crippen LogP contribution is -2.28. The Balaban J connectivity index is 1.48. The third-order valence-electron chi connectivity index (χ3n) is 5.45. The van der Waals surface area contributed by atoms with Crippen LogP contribution >= 0.6 is 46.0 Å². The molecule has 0 bridgehead atoms. The molecule has 1 fully saturated rings. The minimum Gasteiger partial charge on any atom is -0.493 e. The van der Waals surface area contributed by atoms with E-state index in [1.807, 2.05) is 47.7 Å². The van der Waals surface area contributed by atoms with Gasteiger partial charge in [0.2, 0.25) is 0 Å². The van der Waals surface area contributed by atoms with E-state index < -0.39 is 17.0 Å². The second-order valence-corrected chi connectivity index (χ2v) is 10.8. The molecular formula is C27H21ClFIN2O5S. The Labute approximate surface area is 241 Å². The van der Waals surface area contributed by atoms with Gasteiger partial charge < -0.3 is 14.8 Å². The summed E-state index contributed by atoms with van der Waals surface area (Å²) in [6, 6.07) is 15.0. The lowest BCUT2D eigenvalue weighted by atomic mass is 10.1. The van der Waals surface area contributed by atoms with Gasteiger partial charge in [-0.15, -0.1) is 0 Å². The minimum atomic E-state index is -0.594. The van der Waals surface area contributed by atoms with Crippen molar-refractivity contribution >= 4 is 74.8 Å². The highest BCUT2D eigenvalue weighted by molar-refractivity contribution is 14.1. The first kappa shape index (κ1) is 27.9. The van der Waals surface area contributed by atoms with Gasteiger partial charge in [0.15, 0.2) is 18.1 Å². The van der Waals surface area contributed by atoms with Crippen LogP contribution in [0.25, 0.3) is 6.08 Å². The van der Waals surface area contributed by atoms with Gasteiger partial charge in [0.1, 0.15) is 5.82 Å². The van der Waals surface area contributed by atoms with Crippen molar-refractivity contribution in [2.24, 2.45) is 0 Å². The van der Waals surface area contributed by atoms with E-state index in [9.17, 15) is 18.8 Å². The van der Waals surface area contributed by atoms with Crippen molar-refractivity contribution in [1.29, 1.82) is 0 Å². The average Bonchev–Trinajstić information content (AvgIpc) is 3.12. The number of imide groups is 1. The number of amides is 3. The van der Waals surface area contributed by atoms with E-state index in [0.717, 1.165) is 22.2 Å². The molecule has 3 aromatic rings. The lowest BCUT2D eigenvalue weighted by molar-refractivity contribution is -0.123. The number of carbonyl (C=O) groups excluding carboxylic acids is 3. The van der Waals surface area contributed by atoms with Gasteiger partial charge in [-0.2, -0.15) is 0 Å². The summed E-state index contributed by atoms with van der Waals surface area (Å²) in [7, 11) is 1.46. The molecule has 1 N–H and O–H groups in total. The zero-order valence-corrected chi connectivity index (χ0v) is 23.9. The van der Waals surface area contributed by atoms with E-state index >= 15 is 0 Å². The van der Waals surface area contributed by atoms with Crippen LogP contribution in [0.1, 0.15) is 16.7 Å². The Morgan fingerprint density at radius 2 is 1.95 bits per heavy atom. The molecule has 0 atom stereocenters. The number of ether oxygens (including phenoxy) is 2. The highest BCUT2D eigenvalue weighted by Crippen LogP contribution is 2.38. The number of methoxy groups -OCH3 is 1. The molecule has 196 valence electrons. The van der Waals surface area contributed by atoms with Crippen molar-refractivity contribution in [1.82, 2.24) is 4.90 Å². The molecule has 0 radical (unpaired) electrons. The number of halogens is 3. The van der Waals surface area contributed by atoms with Crippen molar-refractivity contribution in [3.8, 4) is 11.5 Å². The molecule has 0 saturated carbocycles. The first-order valence-electron chi connectivity index (χ1n) is 11.2.